The molecule has 0 aromatic carbocycles. The van der Waals surface area contributed by atoms with Gasteiger partial charge in [0, 0.05) is 39.3 Å². The Morgan fingerprint density at radius 3 is 2.94 bits per heavy atom. The van der Waals surface area contributed by atoms with Crippen LogP contribution in [0, 0.1) is 5.92 Å². The molecule has 2 aliphatic heterocycles. The van der Waals surface area contributed by atoms with Crippen molar-refractivity contribution in [3.05, 3.63) is 0 Å². The van der Waals surface area contributed by atoms with E-state index in [1.54, 1.807) is 0 Å². The second-order valence-corrected chi connectivity index (χ2v) is 5.26. The summed E-state index contributed by atoms with van der Waals surface area (Å²) >= 11 is 0. The Morgan fingerprint density at radius 1 is 1.38 bits per heavy atom. The number of amides is 1. The van der Waals surface area contributed by atoms with E-state index >= 15 is 0 Å². The lowest BCUT2D eigenvalue weighted by molar-refractivity contribution is -0.142. The second kappa shape index (κ2) is 5.15. The number of carbonyl (C=O) groups excluding carboxylic acids is 1. The summed E-state index contributed by atoms with van der Waals surface area (Å²) in [4.78, 5) is 16.6. The van der Waals surface area contributed by atoms with Crippen molar-refractivity contribution in [2.24, 2.45) is 5.92 Å². The minimum atomic E-state index is 0.106. The Kier molecular flexibility index (Phi) is 3.82. The molecule has 0 aliphatic carbocycles. The molecule has 0 aromatic rings. The molecule has 2 rings (SSSR count). The number of hydrogen-bond acceptors (Lipinski definition) is 3. The van der Waals surface area contributed by atoms with Gasteiger partial charge in [0.2, 0.25) is 5.91 Å². The molecule has 0 spiro atoms. The summed E-state index contributed by atoms with van der Waals surface area (Å²) in [6, 6.07) is 0.106. The molecule has 1 atom stereocenters. The van der Waals surface area contributed by atoms with Crippen molar-refractivity contribution in [3.8, 4) is 0 Å². The Labute approximate surface area is 98.0 Å². The Bertz CT molecular complexity index is 255. The lowest BCUT2D eigenvalue weighted by atomic mass is 10.1. The standard InChI is InChI=1S/C12H23N3O/c1-10(2)3-5-15-8-7-14-6-4-13-9-11(14)12(15)16/h10-11,13H,3-9H2,1-2H3. The van der Waals surface area contributed by atoms with E-state index in [-0.39, 0.29) is 6.04 Å². The van der Waals surface area contributed by atoms with E-state index in [1.807, 2.05) is 4.90 Å². The Balaban J connectivity index is 1.90. The Morgan fingerprint density at radius 2 is 2.19 bits per heavy atom. The van der Waals surface area contributed by atoms with Crippen molar-refractivity contribution in [2.75, 3.05) is 39.3 Å². The predicted octanol–water partition coefficient (Wildman–Crippen LogP) is 0.149. The molecule has 92 valence electrons. The van der Waals surface area contributed by atoms with Crippen LogP contribution in [0.4, 0.5) is 0 Å². The minimum absolute atomic E-state index is 0.106. The van der Waals surface area contributed by atoms with Crippen molar-refractivity contribution in [1.82, 2.24) is 15.1 Å². The van der Waals surface area contributed by atoms with Crippen LogP contribution >= 0.6 is 0 Å². The van der Waals surface area contributed by atoms with Gasteiger partial charge in [-0.05, 0) is 12.3 Å². The van der Waals surface area contributed by atoms with E-state index in [2.05, 4.69) is 24.1 Å². The van der Waals surface area contributed by atoms with Crippen LogP contribution in [0.1, 0.15) is 20.3 Å². The molecule has 4 heteroatoms. The van der Waals surface area contributed by atoms with Crippen LogP contribution in [0.5, 0.6) is 0 Å². The zero-order valence-electron chi connectivity index (χ0n) is 10.4. The first kappa shape index (κ1) is 11.9. The number of nitrogens with zero attached hydrogens (tertiary/aromatic N) is 2. The third kappa shape index (κ3) is 2.55. The molecule has 2 aliphatic rings. The molecular weight excluding hydrogens is 202 g/mol. The van der Waals surface area contributed by atoms with Crippen molar-refractivity contribution >= 4 is 5.91 Å². The van der Waals surface area contributed by atoms with Crippen LogP contribution < -0.4 is 5.32 Å². The zero-order valence-corrected chi connectivity index (χ0v) is 10.4. The van der Waals surface area contributed by atoms with Gasteiger partial charge in [-0.2, -0.15) is 0 Å². The highest BCUT2D eigenvalue weighted by atomic mass is 16.2. The third-order valence-corrected chi connectivity index (χ3v) is 3.58. The molecule has 0 aromatic heterocycles. The van der Waals surface area contributed by atoms with Gasteiger partial charge in [-0.25, -0.2) is 0 Å². The van der Waals surface area contributed by atoms with Crippen LogP contribution in [-0.2, 0) is 4.79 Å². The van der Waals surface area contributed by atoms with E-state index in [4.69, 9.17) is 0 Å². The lowest BCUT2D eigenvalue weighted by Crippen LogP contribution is -2.64. The first-order valence-corrected chi connectivity index (χ1v) is 6.42. The normalized spacial score (nSPS) is 27.3. The highest BCUT2D eigenvalue weighted by molar-refractivity contribution is 5.83. The van der Waals surface area contributed by atoms with Crippen LogP contribution in [0.15, 0.2) is 0 Å². The van der Waals surface area contributed by atoms with Gasteiger partial charge in [0.25, 0.3) is 0 Å². The smallest absolute Gasteiger partial charge is 0.241 e. The highest BCUT2D eigenvalue weighted by Gasteiger charge is 2.35. The fourth-order valence-corrected chi connectivity index (χ4v) is 2.46. The van der Waals surface area contributed by atoms with E-state index in [1.165, 1.54) is 0 Å². The fraction of sp³-hybridized carbons (Fsp3) is 0.917. The maximum absolute atomic E-state index is 12.2. The van der Waals surface area contributed by atoms with E-state index in [9.17, 15) is 4.79 Å². The highest BCUT2D eigenvalue weighted by Crippen LogP contribution is 2.14. The van der Waals surface area contributed by atoms with Gasteiger partial charge in [-0.1, -0.05) is 13.8 Å². The summed E-state index contributed by atoms with van der Waals surface area (Å²) in [6.45, 7) is 10.2. The Hall–Kier alpha value is -0.610. The van der Waals surface area contributed by atoms with E-state index in [0.29, 0.717) is 11.8 Å². The molecule has 0 bridgehead atoms. The monoisotopic (exact) mass is 225 g/mol. The summed E-state index contributed by atoms with van der Waals surface area (Å²) in [5, 5.41) is 3.31. The summed E-state index contributed by atoms with van der Waals surface area (Å²) in [6.07, 6.45) is 1.12. The number of fused-ring (bicyclic) bond motifs is 1. The second-order valence-electron chi connectivity index (χ2n) is 5.26. The number of piperazine rings is 2. The molecule has 1 unspecified atom stereocenters. The molecule has 2 saturated heterocycles. The van der Waals surface area contributed by atoms with Crippen molar-refractivity contribution < 1.29 is 4.79 Å². The van der Waals surface area contributed by atoms with Gasteiger partial charge in [0.05, 0.1) is 0 Å². The molecule has 4 nitrogen and oxygen atoms in total. The molecule has 0 saturated carbocycles. The fourth-order valence-electron chi connectivity index (χ4n) is 2.46. The van der Waals surface area contributed by atoms with Gasteiger partial charge in [-0.15, -0.1) is 0 Å². The average molecular weight is 225 g/mol. The molecule has 1 amide bonds. The van der Waals surface area contributed by atoms with Crippen molar-refractivity contribution in [2.45, 2.75) is 26.3 Å². The summed E-state index contributed by atoms with van der Waals surface area (Å²) < 4.78 is 0. The van der Waals surface area contributed by atoms with Crippen LogP contribution in [-0.4, -0.2) is 61.0 Å². The topological polar surface area (TPSA) is 35.6 Å². The SMILES string of the molecule is CC(C)CCN1CCN2CCNCC2C1=O. The summed E-state index contributed by atoms with van der Waals surface area (Å²) in [5.74, 6) is 1.01. The van der Waals surface area contributed by atoms with Crippen molar-refractivity contribution in [3.63, 3.8) is 0 Å². The zero-order chi connectivity index (χ0) is 11.5. The third-order valence-electron chi connectivity index (χ3n) is 3.58. The number of rotatable bonds is 3. The van der Waals surface area contributed by atoms with Gasteiger partial charge in [-0.3, -0.25) is 9.69 Å². The molecule has 2 heterocycles. The summed E-state index contributed by atoms with van der Waals surface area (Å²) in [7, 11) is 0. The number of carbonyl (C=O) groups is 1. The number of hydrogen-bond donors (Lipinski definition) is 1. The molecule has 1 N–H and O–H groups in total. The quantitative estimate of drug-likeness (QED) is 0.742. The van der Waals surface area contributed by atoms with Gasteiger partial charge in [0.15, 0.2) is 0 Å². The van der Waals surface area contributed by atoms with Crippen LogP contribution in [0.3, 0.4) is 0 Å². The first-order valence-electron chi connectivity index (χ1n) is 6.42. The van der Waals surface area contributed by atoms with E-state index in [0.717, 1.165) is 45.7 Å². The van der Waals surface area contributed by atoms with Gasteiger partial charge >= 0.3 is 0 Å². The maximum atomic E-state index is 12.2. The molecule has 0 radical (unpaired) electrons. The molecule has 16 heavy (non-hydrogen) atoms. The molecular formula is C12H23N3O. The minimum Gasteiger partial charge on any atom is -0.340 e. The average Bonchev–Trinajstić information content (AvgIpc) is 2.28. The maximum Gasteiger partial charge on any atom is 0.241 e. The predicted molar refractivity (Wildman–Crippen MR) is 64.3 cm³/mol. The number of nitrogens with one attached hydrogen (secondary N) is 1. The van der Waals surface area contributed by atoms with Gasteiger partial charge in [0.1, 0.15) is 6.04 Å². The first-order chi connectivity index (χ1) is 7.68. The largest absolute Gasteiger partial charge is 0.340 e. The summed E-state index contributed by atoms with van der Waals surface area (Å²) in [5.41, 5.74) is 0. The lowest BCUT2D eigenvalue weighted by Gasteiger charge is -2.43. The molecule has 2 fully saturated rings. The van der Waals surface area contributed by atoms with Crippen molar-refractivity contribution in [1.29, 1.82) is 0 Å². The van der Waals surface area contributed by atoms with Crippen LogP contribution in [0.25, 0.3) is 0 Å². The van der Waals surface area contributed by atoms with Crippen LogP contribution in [0.2, 0.25) is 0 Å². The van der Waals surface area contributed by atoms with Gasteiger partial charge < -0.3 is 10.2 Å². The van der Waals surface area contributed by atoms with E-state index < -0.39 is 0 Å².